The number of benzene rings is 1. The van der Waals surface area contributed by atoms with E-state index in [1.807, 2.05) is 0 Å². The molecule has 0 saturated carbocycles. The van der Waals surface area contributed by atoms with Gasteiger partial charge in [0, 0.05) is 4.88 Å². The molecule has 0 saturated heterocycles. The molecule has 108 valence electrons. The summed E-state index contributed by atoms with van der Waals surface area (Å²) in [5, 5.41) is 0. The monoisotopic (exact) mass is 327 g/mol. The van der Waals surface area contributed by atoms with Gasteiger partial charge >= 0.3 is 0 Å². The third kappa shape index (κ3) is 2.30. The maximum Gasteiger partial charge on any atom is 0.200 e. The van der Waals surface area contributed by atoms with Gasteiger partial charge in [0.2, 0.25) is 5.82 Å². The molecule has 20 heavy (non-hydrogen) atoms. The molecular weight excluding hydrogens is 321 g/mol. The first-order chi connectivity index (χ1) is 9.25. The van der Waals surface area contributed by atoms with E-state index in [0.717, 1.165) is 11.3 Å². The summed E-state index contributed by atoms with van der Waals surface area (Å²) in [4.78, 5) is 0.204. The van der Waals surface area contributed by atoms with Crippen LogP contribution in [-0.4, -0.2) is 0 Å². The van der Waals surface area contributed by atoms with Gasteiger partial charge in [0.05, 0.1) is 15.9 Å². The zero-order chi connectivity index (χ0) is 15.2. The van der Waals surface area contributed by atoms with Crippen molar-refractivity contribution in [3.63, 3.8) is 0 Å². The van der Waals surface area contributed by atoms with E-state index in [1.165, 1.54) is 6.07 Å². The van der Waals surface area contributed by atoms with Gasteiger partial charge in [-0.2, -0.15) is 0 Å². The summed E-state index contributed by atoms with van der Waals surface area (Å²) in [6, 6.07) is -0.0498. The molecule has 8 heteroatoms. The van der Waals surface area contributed by atoms with Crippen LogP contribution in [-0.2, 0) is 0 Å². The molecule has 2 N–H and O–H groups in total. The second-order valence-electron chi connectivity index (χ2n) is 4.07. The lowest BCUT2D eigenvalue weighted by molar-refractivity contribution is 0.367. The Hall–Kier alpha value is -1.18. The van der Waals surface area contributed by atoms with Gasteiger partial charge in [-0.25, -0.2) is 22.0 Å². The van der Waals surface area contributed by atoms with Crippen molar-refractivity contribution < 1.29 is 22.0 Å². The van der Waals surface area contributed by atoms with Crippen molar-refractivity contribution in [2.24, 2.45) is 5.73 Å². The lowest BCUT2D eigenvalue weighted by Crippen LogP contribution is -2.18. The Balaban J connectivity index is 2.63. The molecule has 2 aromatic rings. The first-order valence-electron chi connectivity index (χ1n) is 5.28. The molecule has 1 nitrogen and oxygen atoms in total. The number of hydrogen-bond acceptors (Lipinski definition) is 2. The third-order valence-corrected chi connectivity index (χ3v) is 4.38. The number of hydrogen-bond donors (Lipinski definition) is 1. The van der Waals surface area contributed by atoms with Crippen LogP contribution in [0.2, 0.25) is 4.34 Å². The minimum Gasteiger partial charge on any atom is -0.319 e. The number of nitrogens with two attached hydrogens (primary N) is 1. The van der Waals surface area contributed by atoms with E-state index in [2.05, 4.69) is 0 Å². The van der Waals surface area contributed by atoms with Crippen LogP contribution in [0, 0.1) is 36.0 Å². The molecule has 1 aromatic heterocycles. The molecule has 0 fully saturated rings. The van der Waals surface area contributed by atoms with E-state index in [4.69, 9.17) is 17.3 Å². The van der Waals surface area contributed by atoms with Crippen LogP contribution in [0.15, 0.2) is 6.07 Å². The van der Waals surface area contributed by atoms with Crippen molar-refractivity contribution >= 4 is 22.9 Å². The van der Waals surface area contributed by atoms with Crippen molar-refractivity contribution in [1.29, 1.82) is 0 Å². The van der Waals surface area contributed by atoms with Crippen molar-refractivity contribution in [2.45, 2.75) is 13.0 Å². The lowest BCUT2D eigenvalue weighted by atomic mass is 10.0. The molecule has 1 aromatic carbocycles. The van der Waals surface area contributed by atoms with Gasteiger partial charge < -0.3 is 5.73 Å². The molecule has 0 bridgehead atoms. The van der Waals surface area contributed by atoms with Crippen molar-refractivity contribution in [3.05, 3.63) is 55.5 Å². The van der Waals surface area contributed by atoms with Gasteiger partial charge in [0.1, 0.15) is 0 Å². The molecule has 0 aliphatic carbocycles. The molecule has 0 amide bonds. The average Bonchev–Trinajstić information content (AvgIpc) is 2.74. The van der Waals surface area contributed by atoms with Gasteiger partial charge in [-0.1, -0.05) is 11.6 Å². The van der Waals surface area contributed by atoms with E-state index in [-0.39, 0.29) is 4.88 Å². The Morgan fingerprint density at radius 3 is 1.85 bits per heavy atom. The maximum absolute atomic E-state index is 13.6. The SMILES string of the molecule is Cc1cc(C(N)c2c(F)c(F)c(F)c(F)c2F)sc1Cl. The highest BCUT2D eigenvalue weighted by Crippen LogP contribution is 2.36. The summed E-state index contributed by atoms with van der Waals surface area (Å²) in [6.07, 6.45) is 0. The quantitative estimate of drug-likeness (QED) is 0.492. The number of halogens is 6. The van der Waals surface area contributed by atoms with Crippen LogP contribution in [0.5, 0.6) is 0 Å². The van der Waals surface area contributed by atoms with Crippen LogP contribution < -0.4 is 5.73 Å². The molecule has 1 heterocycles. The highest BCUT2D eigenvalue weighted by molar-refractivity contribution is 7.16. The molecule has 2 rings (SSSR count). The average molecular weight is 328 g/mol. The van der Waals surface area contributed by atoms with E-state index in [9.17, 15) is 22.0 Å². The molecule has 1 unspecified atom stereocenters. The fourth-order valence-corrected chi connectivity index (χ4v) is 2.90. The molecule has 0 spiro atoms. The second kappa shape index (κ2) is 5.31. The Bertz CT molecular complexity index is 636. The Morgan fingerprint density at radius 2 is 1.45 bits per heavy atom. The lowest BCUT2D eigenvalue weighted by Gasteiger charge is -2.13. The van der Waals surface area contributed by atoms with Gasteiger partial charge in [-0.3, -0.25) is 0 Å². The van der Waals surface area contributed by atoms with E-state index < -0.39 is 40.7 Å². The summed E-state index contributed by atoms with van der Waals surface area (Å²) < 4.78 is 66.8. The predicted molar refractivity (Wildman–Crippen MR) is 66.3 cm³/mol. The zero-order valence-corrected chi connectivity index (χ0v) is 11.5. The summed E-state index contributed by atoms with van der Waals surface area (Å²) in [5.41, 5.74) is 5.14. The Labute approximate surface area is 119 Å². The Morgan fingerprint density at radius 1 is 1.00 bits per heavy atom. The van der Waals surface area contributed by atoms with Gasteiger partial charge in [0.25, 0.3) is 0 Å². The Kier molecular flexibility index (Phi) is 4.04. The standard InChI is InChI=1S/C12H7ClF5NS/c1-3-2-4(20-12(3)13)11(19)5-6(14)8(16)10(18)9(17)7(5)15/h2,11H,19H2,1H3. The normalized spacial score (nSPS) is 12.8. The minimum absolute atomic E-state index is 0.204. The smallest absolute Gasteiger partial charge is 0.200 e. The zero-order valence-electron chi connectivity index (χ0n) is 9.91. The first kappa shape index (κ1) is 15.2. The van der Waals surface area contributed by atoms with Gasteiger partial charge in [-0.15, -0.1) is 11.3 Å². The minimum atomic E-state index is -2.21. The first-order valence-corrected chi connectivity index (χ1v) is 6.47. The van der Waals surface area contributed by atoms with Crippen LogP contribution in [0.3, 0.4) is 0 Å². The van der Waals surface area contributed by atoms with E-state index >= 15 is 0 Å². The maximum atomic E-state index is 13.6. The van der Waals surface area contributed by atoms with Gasteiger partial charge in [-0.05, 0) is 18.6 Å². The summed E-state index contributed by atoms with van der Waals surface area (Å²) in [6.45, 7) is 1.63. The molecular formula is C12H7ClF5NS. The number of thiophene rings is 1. The number of rotatable bonds is 2. The molecule has 0 aliphatic rings. The molecule has 0 aliphatic heterocycles. The fraction of sp³-hybridized carbons (Fsp3) is 0.167. The van der Waals surface area contributed by atoms with Crippen molar-refractivity contribution in [3.8, 4) is 0 Å². The van der Waals surface area contributed by atoms with E-state index in [1.54, 1.807) is 6.92 Å². The fourth-order valence-electron chi connectivity index (χ4n) is 1.67. The van der Waals surface area contributed by atoms with Crippen LogP contribution in [0.25, 0.3) is 0 Å². The van der Waals surface area contributed by atoms with Crippen molar-refractivity contribution in [2.75, 3.05) is 0 Å². The topological polar surface area (TPSA) is 26.0 Å². The van der Waals surface area contributed by atoms with Crippen molar-refractivity contribution in [1.82, 2.24) is 0 Å². The summed E-state index contributed by atoms with van der Waals surface area (Å²) in [7, 11) is 0. The molecule has 0 radical (unpaired) electrons. The third-order valence-electron chi connectivity index (χ3n) is 2.74. The van der Waals surface area contributed by atoms with Gasteiger partial charge in [0.15, 0.2) is 23.3 Å². The predicted octanol–water partition coefficient (Wildman–Crippen LogP) is 4.45. The highest BCUT2D eigenvalue weighted by Gasteiger charge is 2.30. The van der Waals surface area contributed by atoms with Crippen LogP contribution >= 0.6 is 22.9 Å². The summed E-state index contributed by atoms with van der Waals surface area (Å²) in [5.74, 6) is -10.1. The number of aryl methyl sites for hydroxylation is 1. The highest BCUT2D eigenvalue weighted by atomic mass is 35.5. The largest absolute Gasteiger partial charge is 0.319 e. The summed E-state index contributed by atoms with van der Waals surface area (Å²) >= 11 is 6.71. The second-order valence-corrected chi connectivity index (χ2v) is 5.75. The van der Waals surface area contributed by atoms with E-state index in [0.29, 0.717) is 9.90 Å². The van der Waals surface area contributed by atoms with Crippen LogP contribution in [0.4, 0.5) is 22.0 Å². The van der Waals surface area contributed by atoms with Crippen LogP contribution in [0.1, 0.15) is 22.0 Å². The molecule has 1 atom stereocenters.